The molecule has 0 saturated heterocycles. The summed E-state index contributed by atoms with van der Waals surface area (Å²) in [7, 11) is 0. The third-order valence-electron chi connectivity index (χ3n) is 3.48. The number of hydrogen-bond acceptors (Lipinski definition) is 2. The highest BCUT2D eigenvalue weighted by atomic mass is 35.5. The van der Waals surface area contributed by atoms with Crippen LogP contribution in [-0.2, 0) is 6.42 Å². The average Bonchev–Trinajstić information content (AvgIpc) is 2.42. The van der Waals surface area contributed by atoms with Crippen LogP contribution in [0.5, 0.6) is 5.75 Å². The van der Waals surface area contributed by atoms with E-state index in [1.165, 1.54) is 0 Å². The molecule has 2 aromatic carbocycles. The number of rotatable bonds is 1. The topological polar surface area (TPSA) is 37.3 Å². The van der Waals surface area contributed by atoms with Crippen LogP contribution in [0.15, 0.2) is 48.0 Å². The molecule has 3 rings (SSSR count). The van der Waals surface area contributed by atoms with Crippen LogP contribution in [0.2, 0.25) is 5.02 Å². The van der Waals surface area contributed by atoms with Crippen LogP contribution in [-0.4, -0.2) is 10.9 Å². The lowest BCUT2D eigenvalue weighted by atomic mass is 9.86. The normalized spacial score (nSPS) is 16.2. The third kappa shape index (κ3) is 2.47. The zero-order valence-electron chi connectivity index (χ0n) is 10.8. The first-order valence-electron chi connectivity index (χ1n) is 6.46. The maximum Gasteiger partial charge on any atom is 0.189 e. The van der Waals surface area contributed by atoms with Crippen molar-refractivity contribution in [3.05, 3.63) is 69.8 Å². The number of benzene rings is 2. The van der Waals surface area contributed by atoms with Gasteiger partial charge in [0.1, 0.15) is 5.75 Å². The monoisotopic (exact) mass is 284 g/mol. The number of fused-ring (bicyclic) bond motifs is 1. The Labute approximate surface area is 122 Å². The number of halogens is 1. The molecular weight excluding hydrogens is 272 g/mol. The first-order chi connectivity index (χ1) is 9.63. The van der Waals surface area contributed by atoms with Gasteiger partial charge in [-0.05, 0) is 60.4 Å². The van der Waals surface area contributed by atoms with Gasteiger partial charge < -0.3 is 5.11 Å². The molecule has 0 aromatic heterocycles. The van der Waals surface area contributed by atoms with Crippen LogP contribution in [0, 0.1) is 0 Å². The number of carbonyl (C=O) groups is 1. The maximum absolute atomic E-state index is 12.4. The molecule has 0 aliphatic heterocycles. The summed E-state index contributed by atoms with van der Waals surface area (Å²) in [5.41, 5.74) is 3.31. The van der Waals surface area contributed by atoms with E-state index >= 15 is 0 Å². The molecule has 1 N–H and O–H groups in total. The number of carbonyl (C=O) groups excluding carboxylic acids is 1. The molecule has 2 nitrogen and oxygen atoms in total. The van der Waals surface area contributed by atoms with E-state index in [0.29, 0.717) is 17.0 Å². The standard InChI is InChI=1S/C17H13ClO2/c18-14-3-1-2-11(9-14)8-13-5-4-12-10-15(19)6-7-16(12)17(13)20/h1-3,6-10,19H,4-5H2/b13-8+. The van der Waals surface area contributed by atoms with E-state index in [0.717, 1.165) is 23.1 Å². The molecule has 100 valence electrons. The average molecular weight is 285 g/mol. The summed E-state index contributed by atoms with van der Waals surface area (Å²) in [5, 5.41) is 10.1. The first-order valence-corrected chi connectivity index (χ1v) is 6.84. The van der Waals surface area contributed by atoms with Crippen molar-refractivity contribution in [3.63, 3.8) is 0 Å². The molecule has 0 spiro atoms. The van der Waals surface area contributed by atoms with Gasteiger partial charge in [-0.3, -0.25) is 4.79 Å². The van der Waals surface area contributed by atoms with Gasteiger partial charge in [-0.15, -0.1) is 0 Å². The molecule has 0 saturated carbocycles. The zero-order chi connectivity index (χ0) is 14.1. The second-order valence-corrected chi connectivity index (χ2v) is 5.33. The van der Waals surface area contributed by atoms with Gasteiger partial charge in [0.15, 0.2) is 5.78 Å². The van der Waals surface area contributed by atoms with Crippen LogP contribution in [0.4, 0.5) is 0 Å². The van der Waals surface area contributed by atoms with Gasteiger partial charge in [0.25, 0.3) is 0 Å². The molecule has 3 heteroatoms. The molecule has 0 amide bonds. The van der Waals surface area contributed by atoms with Crippen LogP contribution in [0.3, 0.4) is 0 Å². The number of Topliss-reactive ketones (excluding diaryl/α,β-unsaturated/α-hetero) is 1. The Morgan fingerprint density at radius 1 is 1.10 bits per heavy atom. The van der Waals surface area contributed by atoms with Crippen molar-refractivity contribution in [2.75, 3.05) is 0 Å². The van der Waals surface area contributed by atoms with Gasteiger partial charge in [0.2, 0.25) is 0 Å². The highest BCUT2D eigenvalue weighted by Crippen LogP contribution is 2.29. The fraction of sp³-hybridized carbons (Fsp3) is 0.118. The maximum atomic E-state index is 12.4. The molecule has 0 heterocycles. The Kier molecular flexibility index (Phi) is 3.33. The Bertz CT molecular complexity index is 717. The van der Waals surface area contributed by atoms with Crippen molar-refractivity contribution in [1.82, 2.24) is 0 Å². The molecule has 0 atom stereocenters. The molecule has 2 aromatic rings. The predicted molar refractivity (Wildman–Crippen MR) is 80.2 cm³/mol. The quantitative estimate of drug-likeness (QED) is 0.795. The predicted octanol–water partition coefficient (Wildman–Crippen LogP) is 4.26. The second kappa shape index (κ2) is 5.14. The fourth-order valence-corrected chi connectivity index (χ4v) is 2.70. The molecule has 0 unspecified atom stereocenters. The van der Waals surface area contributed by atoms with Gasteiger partial charge in [-0.2, -0.15) is 0 Å². The first kappa shape index (κ1) is 12.9. The highest BCUT2D eigenvalue weighted by Gasteiger charge is 2.21. The van der Waals surface area contributed by atoms with Gasteiger partial charge in [-0.1, -0.05) is 23.7 Å². The van der Waals surface area contributed by atoms with Crippen molar-refractivity contribution in [2.45, 2.75) is 12.8 Å². The fourth-order valence-electron chi connectivity index (χ4n) is 2.50. The highest BCUT2D eigenvalue weighted by molar-refractivity contribution is 6.30. The van der Waals surface area contributed by atoms with Gasteiger partial charge in [0, 0.05) is 16.2 Å². The zero-order valence-corrected chi connectivity index (χ0v) is 11.5. The number of phenols is 1. The smallest absolute Gasteiger partial charge is 0.189 e. The molecule has 1 aliphatic carbocycles. The minimum Gasteiger partial charge on any atom is -0.508 e. The summed E-state index contributed by atoms with van der Waals surface area (Å²) >= 11 is 5.96. The third-order valence-corrected chi connectivity index (χ3v) is 3.71. The lowest BCUT2D eigenvalue weighted by molar-refractivity contribution is 0.102. The minimum atomic E-state index is 0.0335. The number of aromatic hydroxyl groups is 1. The largest absolute Gasteiger partial charge is 0.508 e. The Morgan fingerprint density at radius 3 is 2.75 bits per heavy atom. The van der Waals surface area contributed by atoms with Crippen molar-refractivity contribution < 1.29 is 9.90 Å². The number of hydrogen-bond donors (Lipinski definition) is 1. The van der Waals surface area contributed by atoms with E-state index in [1.807, 2.05) is 30.3 Å². The summed E-state index contributed by atoms with van der Waals surface area (Å²) in [5.74, 6) is 0.241. The molecular formula is C17H13ClO2. The number of aryl methyl sites for hydroxylation is 1. The van der Waals surface area contributed by atoms with Crippen molar-refractivity contribution in [1.29, 1.82) is 0 Å². The van der Waals surface area contributed by atoms with E-state index in [2.05, 4.69) is 0 Å². The number of phenolic OH excluding ortho intramolecular Hbond substituents is 1. The summed E-state index contributed by atoms with van der Waals surface area (Å²) in [6, 6.07) is 12.4. The number of allylic oxidation sites excluding steroid dienone is 1. The van der Waals surface area contributed by atoms with Crippen LogP contribution in [0.25, 0.3) is 6.08 Å². The van der Waals surface area contributed by atoms with E-state index in [-0.39, 0.29) is 11.5 Å². The van der Waals surface area contributed by atoms with Crippen molar-refractivity contribution >= 4 is 23.5 Å². The summed E-state index contributed by atoms with van der Waals surface area (Å²) in [4.78, 5) is 12.4. The Balaban J connectivity index is 1.98. The number of ketones is 1. The SMILES string of the molecule is O=C1/C(=C/c2cccc(Cl)c2)CCc2cc(O)ccc21. The molecule has 0 radical (unpaired) electrons. The lowest BCUT2D eigenvalue weighted by Crippen LogP contribution is -2.13. The van der Waals surface area contributed by atoms with Gasteiger partial charge in [-0.25, -0.2) is 0 Å². The van der Waals surface area contributed by atoms with Gasteiger partial charge in [0.05, 0.1) is 0 Å². The Hall–Kier alpha value is -2.06. The van der Waals surface area contributed by atoms with E-state index < -0.39 is 0 Å². The van der Waals surface area contributed by atoms with Gasteiger partial charge >= 0.3 is 0 Å². The molecule has 0 fully saturated rings. The summed E-state index contributed by atoms with van der Waals surface area (Å²) in [6.45, 7) is 0. The lowest BCUT2D eigenvalue weighted by Gasteiger charge is -2.17. The van der Waals surface area contributed by atoms with E-state index in [4.69, 9.17) is 11.6 Å². The van der Waals surface area contributed by atoms with Crippen molar-refractivity contribution in [3.8, 4) is 5.75 Å². The van der Waals surface area contributed by atoms with E-state index in [1.54, 1.807) is 18.2 Å². The second-order valence-electron chi connectivity index (χ2n) is 4.90. The van der Waals surface area contributed by atoms with Crippen LogP contribution >= 0.6 is 11.6 Å². The van der Waals surface area contributed by atoms with E-state index in [9.17, 15) is 9.90 Å². The van der Waals surface area contributed by atoms with Crippen molar-refractivity contribution in [2.24, 2.45) is 0 Å². The van der Waals surface area contributed by atoms with Crippen LogP contribution < -0.4 is 0 Å². The minimum absolute atomic E-state index is 0.0335. The van der Waals surface area contributed by atoms with Crippen LogP contribution in [0.1, 0.15) is 27.9 Å². The summed E-state index contributed by atoms with van der Waals surface area (Å²) in [6.07, 6.45) is 3.34. The Morgan fingerprint density at radius 2 is 1.95 bits per heavy atom. The molecule has 1 aliphatic rings. The summed E-state index contributed by atoms with van der Waals surface area (Å²) < 4.78 is 0. The molecule has 20 heavy (non-hydrogen) atoms. The molecule has 0 bridgehead atoms.